The van der Waals surface area contributed by atoms with E-state index < -0.39 is 0 Å². The van der Waals surface area contributed by atoms with Crippen molar-refractivity contribution in [2.24, 2.45) is 5.10 Å². The second-order valence-electron chi connectivity index (χ2n) is 4.10. The van der Waals surface area contributed by atoms with Crippen molar-refractivity contribution in [3.05, 3.63) is 50.6 Å². The fourth-order valence-electron chi connectivity index (χ4n) is 1.56. The molecular weight excluding hydrogens is 354 g/mol. The Morgan fingerprint density at radius 1 is 1.29 bits per heavy atom. The summed E-state index contributed by atoms with van der Waals surface area (Å²) in [6.07, 6.45) is 1.57. The van der Waals surface area contributed by atoms with Gasteiger partial charge in [0.1, 0.15) is 0 Å². The predicted octanol–water partition coefficient (Wildman–Crippen LogP) is 3.23. The number of thiophene rings is 1. The van der Waals surface area contributed by atoms with E-state index in [2.05, 4.69) is 31.8 Å². The van der Waals surface area contributed by atoms with Crippen LogP contribution < -0.4 is 10.7 Å². The van der Waals surface area contributed by atoms with E-state index in [0.717, 1.165) is 8.66 Å². The van der Waals surface area contributed by atoms with Crippen molar-refractivity contribution in [1.82, 2.24) is 5.43 Å². The number of nitrogens with one attached hydrogen (secondary N) is 2. The number of amides is 2. The zero-order valence-electron chi connectivity index (χ0n) is 11.1. The number of rotatable bonds is 4. The SMILES string of the molecule is CC(=O)Nc1cccc(C(=O)NN=Cc2ccc(Br)s2)c1. The van der Waals surface area contributed by atoms with Crippen molar-refractivity contribution in [2.45, 2.75) is 6.92 Å². The maximum Gasteiger partial charge on any atom is 0.271 e. The highest BCUT2D eigenvalue weighted by Gasteiger charge is 2.05. The molecule has 0 bridgehead atoms. The number of carbonyl (C=O) groups is 2. The molecule has 5 nitrogen and oxygen atoms in total. The van der Waals surface area contributed by atoms with E-state index in [4.69, 9.17) is 0 Å². The number of hydrazone groups is 1. The Bertz CT molecular complexity index is 697. The first kappa shape index (κ1) is 15.4. The third kappa shape index (κ3) is 4.80. The van der Waals surface area contributed by atoms with Gasteiger partial charge in [-0.25, -0.2) is 5.43 Å². The van der Waals surface area contributed by atoms with Crippen LogP contribution in [-0.4, -0.2) is 18.0 Å². The summed E-state index contributed by atoms with van der Waals surface area (Å²) < 4.78 is 0.998. The van der Waals surface area contributed by atoms with Crippen LogP contribution in [0.3, 0.4) is 0 Å². The van der Waals surface area contributed by atoms with E-state index in [1.54, 1.807) is 30.5 Å². The number of carbonyl (C=O) groups excluding carboxylic acids is 2. The molecule has 0 spiro atoms. The lowest BCUT2D eigenvalue weighted by atomic mass is 10.2. The van der Waals surface area contributed by atoms with Crippen molar-refractivity contribution in [3.63, 3.8) is 0 Å². The van der Waals surface area contributed by atoms with Crippen molar-refractivity contribution in [2.75, 3.05) is 5.32 Å². The molecule has 1 heterocycles. The van der Waals surface area contributed by atoms with Gasteiger partial charge in [-0.15, -0.1) is 11.3 Å². The summed E-state index contributed by atoms with van der Waals surface area (Å²) in [5.74, 6) is -0.525. The van der Waals surface area contributed by atoms with Gasteiger partial charge in [0.05, 0.1) is 10.0 Å². The molecule has 2 N–H and O–H groups in total. The first-order valence-electron chi connectivity index (χ1n) is 6.01. The Hall–Kier alpha value is -1.99. The van der Waals surface area contributed by atoms with Gasteiger partial charge in [-0.1, -0.05) is 6.07 Å². The molecule has 0 aliphatic heterocycles. The molecule has 0 radical (unpaired) electrons. The molecular formula is C14H12BrN3O2S. The highest BCUT2D eigenvalue weighted by atomic mass is 79.9. The number of anilines is 1. The average Bonchev–Trinajstić information content (AvgIpc) is 2.84. The molecule has 0 unspecified atom stereocenters. The van der Waals surface area contributed by atoms with E-state index in [1.807, 2.05) is 12.1 Å². The molecule has 1 aromatic heterocycles. The Morgan fingerprint density at radius 3 is 2.76 bits per heavy atom. The first-order chi connectivity index (χ1) is 10.0. The molecule has 0 aliphatic carbocycles. The second-order valence-corrected chi connectivity index (χ2v) is 6.60. The van der Waals surface area contributed by atoms with Crippen LogP contribution in [0.5, 0.6) is 0 Å². The third-order valence-corrected chi connectivity index (χ3v) is 3.96. The summed E-state index contributed by atoms with van der Waals surface area (Å²) in [5.41, 5.74) is 3.44. The second kappa shape index (κ2) is 7.14. The zero-order chi connectivity index (χ0) is 15.2. The van der Waals surface area contributed by atoms with Gasteiger partial charge in [0.25, 0.3) is 5.91 Å². The van der Waals surface area contributed by atoms with E-state index in [-0.39, 0.29) is 11.8 Å². The molecule has 2 amide bonds. The van der Waals surface area contributed by atoms with Gasteiger partial charge >= 0.3 is 0 Å². The fraction of sp³-hybridized carbons (Fsp3) is 0.0714. The minimum Gasteiger partial charge on any atom is -0.326 e. The summed E-state index contributed by atoms with van der Waals surface area (Å²) in [6.45, 7) is 1.41. The van der Waals surface area contributed by atoms with Crippen LogP contribution in [0.15, 0.2) is 45.3 Å². The molecule has 2 aromatic rings. The Labute approximate surface area is 134 Å². The molecule has 0 saturated carbocycles. The van der Waals surface area contributed by atoms with Crippen molar-refractivity contribution in [1.29, 1.82) is 0 Å². The molecule has 7 heteroatoms. The van der Waals surface area contributed by atoms with Crippen LogP contribution in [0.2, 0.25) is 0 Å². The number of hydrogen-bond acceptors (Lipinski definition) is 4. The van der Waals surface area contributed by atoms with Gasteiger partial charge in [-0.05, 0) is 46.3 Å². The summed E-state index contributed by atoms with van der Waals surface area (Å²) >= 11 is 4.87. The van der Waals surface area contributed by atoms with Crippen molar-refractivity contribution >= 4 is 51.0 Å². The van der Waals surface area contributed by atoms with E-state index >= 15 is 0 Å². The fourth-order valence-corrected chi connectivity index (χ4v) is 2.85. The molecule has 21 heavy (non-hydrogen) atoms. The molecule has 0 atom stereocenters. The Kier molecular flexibility index (Phi) is 5.24. The lowest BCUT2D eigenvalue weighted by Gasteiger charge is -2.04. The van der Waals surface area contributed by atoms with Crippen LogP contribution in [-0.2, 0) is 4.79 Å². The predicted molar refractivity (Wildman–Crippen MR) is 87.8 cm³/mol. The molecule has 0 saturated heterocycles. The van der Waals surface area contributed by atoms with Gasteiger partial charge in [0.15, 0.2) is 0 Å². The lowest BCUT2D eigenvalue weighted by Crippen LogP contribution is -2.18. The largest absolute Gasteiger partial charge is 0.326 e. The Morgan fingerprint density at radius 2 is 2.10 bits per heavy atom. The zero-order valence-corrected chi connectivity index (χ0v) is 13.5. The van der Waals surface area contributed by atoms with Crippen LogP contribution in [0.4, 0.5) is 5.69 Å². The van der Waals surface area contributed by atoms with E-state index in [1.165, 1.54) is 18.3 Å². The maximum absolute atomic E-state index is 11.9. The van der Waals surface area contributed by atoms with E-state index in [9.17, 15) is 9.59 Å². The van der Waals surface area contributed by atoms with Crippen LogP contribution in [0.25, 0.3) is 0 Å². The highest BCUT2D eigenvalue weighted by Crippen LogP contribution is 2.20. The molecule has 0 aliphatic rings. The summed E-state index contributed by atoms with van der Waals surface area (Å²) in [6, 6.07) is 10.4. The number of hydrogen-bond donors (Lipinski definition) is 2. The monoisotopic (exact) mass is 365 g/mol. The quantitative estimate of drug-likeness (QED) is 0.644. The first-order valence-corrected chi connectivity index (χ1v) is 7.62. The summed E-state index contributed by atoms with van der Waals surface area (Å²) in [5, 5.41) is 6.52. The lowest BCUT2D eigenvalue weighted by molar-refractivity contribution is -0.114. The highest BCUT2D eigenvalue weighted by molar-refractivity contribution is 9.11. The summed E-state index contributed by atoms with van der Waals surface area (Å²) in [7, 11) is 0. The van der Waals surface area contributed by atoms with Crippen LogP contribution in [0.1, 0.15) is 22.2 Å². The van der Waals surface area contributed by atoms with Gasteiger partial charge < -0.3 is 5.32 Å². The van der Waals surface area contributed by atoms with Gasteiger partial charge in [-0.2, -0.15) is 5.10 Å². The number of nitrogens with zero attached hydrogens (tertiary/aromatic N) is 1. The van der Waals surface area contributed by atoms with Gasteiger partial charge in [0.2, 0.25) is 5.91 Å². The maximum atomic E-state index is 11.9. The van der Waals surface area contributed by atoms with Crippen LogP contribution in [0, 0.1) is 0 Å². The third-order valence-electron chi connectivity index (χ3n) is 2.40. The van der Waals surface area contributed by atoms with Crippen molar-refractivity contribution in [3.8, 4) is 0 Å². The molecule has 0 fully saturated rings. The topological polar surface area (TPSA) is 70.6 Å². The number of halogens is 1. The average molecular weight is 366 g/mol. The molecule has 2 rings (SSSR count). The van der Waals surface area contributed by atoms with Gasteiger partial charge in [-0.3, -0.25) is 9.59 Å². The minimum absolute atomic E-state index is 0.186. The Balaban J connectivity index is 2.00. The van der Waals surface area contributed by atoms with Crippen molar-refractivity contribution < 1.29 is 9.59 Å². The summed E-state index contributed by atoms with van der Waals surface area (Å²) in [4.78, 5) is 23.8. The standard InChI is InChI=1S/C14H12BrN3O2S/c1-9(19)17-11-4-2-3-10(7-11)14(20)18-16-8-12-5-6-13(15)21-12/h2-8H,1H3,(H,17,19)(H,18,20). The smallest absolute Gasteiger partial charge is 0.271 e. The normalized spacial score (nSPS) is 10.6. The van der Waals surface area contributed by atoms with Crippen LogP contribution >= 0.6 is 27.3 Å². The van der Waals surface area contributed by atoms with Gasteiger partial charge in [0, 0.05) is 23.1 Å². The number of benzene rings is 1. The molecule has 1 aromatic carbocycles. The molecule has 108 valence electrons. The van der Waals surface area contributed by atoms with E-state index in [0.29, 0.717) is 11.3 Å². The minimum atomic E-state index is -0.339.